The van der Waals surface area contributed by atoms with E-state index in [4.69, 9.17) is 31.8 Å². The van der Waals surface area contributed by atoms with Crippen LogP contribution in [0, 0.1) is 0 Å². The second-order valence-electron chi connectivity index (χ2n) is 3.53. The van der Waals surface area contributed by atoms with Crippen molar-refractivity contribution in [2.75, 3.05) is 19.8 Å². The molecule has 0 saturated heterocycles. The van der Waals surface area contributed by atoms with Crippen LogP contribution in [0.25, 0.3) is 0 Å². The molecule has 0 saturated carbocycles. The van der Waals surface area contributed by atoms with Gasteiger partial charge in [0.2, 0.25) is 0 Å². The molecule has 0 amide bonds. The summed E-state index contributed by atoms with van der Waals surface area (Å²) in [6.07, 6.45) is 0. The number of esters is 1. The van der Waals surface area contributed by atoms with Crippen LogP contribution in [0.5, 0.6) is 0 Å². The van der Waals surface area contributed by atoms with Gasteiger partial charge in [-0.1, -0.05) is 11.6 Å². The third-order valence-electron chi connectivity index (χ3n) is 2.17. The lowest BCUT2D eigenvalue weighted by Crippen LogP contribution is -2.12. The molecule has 1 rings (SSSR count). The number of rotatable bonds is 6. The van der Waals surface area contributed by atoms with E-state index in [0.717, 1.165) is 6.07 Å². The fraction of sp³-hybridized carbons (Fsp3) is 0.364. The Morgan fingerprint density at radius 1 is 1.35 bits per heavy atom. The van der Waals surface area contributed by atoms with Crippen molar-refractivity contribution < 1.29 is 22.7 Å². The molecule has 0 aliphatic carbocycles. The topological polar surface area (TPSA) is 69.7 Å². The molecule has 1 aromatic carbocycles. The molecule has 20 heavy (non-hydrogen) atoms. The lowest BCUT2D eigenvalue weighted by atomic mass is 10.2. The second kappa shape index (κ2) is 7.61. The second-order valence-corrected chi connectivity index (χ2v) is 7.33. The Balaban J connectivity index is 2.98. The summed E-state index contributed by atoms with van der Waals surface area (Å²) < 4.78 is 32.8. The standard InChI is InChI=1S/C11H11BrCl2O5S/c1-2-18-3-4-19-11(15)7-5-10(20(14,16)17)8(12)6-9(7)13/h5-6H,2-4H2,1H3. The predicted octanol–water partition coefficient (Wildman–Crippen LogP) is 3.22. The van der Waals surface area contributed by atoms with Gasteiger partial charge < -0.3 is 9.47 Å². The Hall–Kier alpha value is -0.340. The number of hydrogen-bond donors (Lipinski definition) is 0. The minimum absolute atomic E-state index is 0.0437. The molecular weight excluding hydrogens is 395 g/mol. The maximum absolute atomic E-state index is 11.8. The Bertz CT molecular complexity index is 603. The van der Waals surface area contributed by atoms with Crippen molar-refractivity contribution in [3.05, 3.63) is 27.2 Å². The summed E-state index contributed by atoms with van der Waals surface area (Å²) in [5.41, 5.74) is -0.0782. The highest BCUT2D eigenvalue weighted by atomic mass is 79.9. The van der Waals surface area contributed by atoms with Crippen molar-refractivity contribution in [2.24, 2.45) is 0 Å². The van der Waals surface area contributed by atoms with Crippen LogP contribution in [0.2, 0.25) is 5.02 Å². The van der Waals surface area contributed by atoms with E-state index in [9.17, 15) is 13.2 Å². The molecule has 5 nitrogen and oxygen atoms in total. The van der Waals surface area contributed by atoms with E-state index in [0.29, 0.717) is 6.61 Å². The van der Waals surface area contributed by atoms with Gasteiger partial charge in [-0.3, -0.25) is 0 Å². The van der Waals surface area contributed by atoms with Gasteiger partial charge in [-0.25, -0.2) is 13.2 Å². The molecule has 0 spiro atoms. The molecule has 0 heterocycles. The molecule has 0 atom stereocenters. The van der Waals surface area contributed by atoms with Crippen LogP contribution in [0.4, 0.5) is 0 Å². The third kappa shape index (κ3) is 4.89. The highest BCUT2D eigenvalue weighted by molar-refractivity contribution is 9.10. The number of hydrogen-bond acceptors (Lipinski definition) is 5. The molecule has 0 aliphatic rings. The highest BCUT2D eigenvalue weighted by Crippen LogP contribution is 2.31. The molecule has 0 aromatic heterocycles. The average molecular weight is 406 g/mol. The fourth-order valence-corrected chi connectivity index (χ4v) is 3.86. The van der Waals surface area contributed by atoms with Crippen molar-refractivity contribution in [3.8, 4) is 0 Å². The van der Waals surface area contributed by atoms with Crippen LogP contribution < -0.4 is 0 Å². The zero-order valence-electron chi connectivity index (χ0n) is 10.4. The van der Waals surface area contributed by atoms with E-state index in [2.05, 4.69) is 15.9 Å². The first-order valence-electron chi connectivity index (χ1n) is 5.46. The number of ether oxygens (including phenoxy) is 2. The van der Waals surface area contributed by atoms with Gasteiger partial charge in [0.15, 0.2) is 0 Å². The zero-order chi connectivity index (χ0) is 15.3. The van der Waals surface area contributed by atoms with Gasteiger partial charge in [0.05, 0.1) is 22.1 Å². The summed E-state index contributed by atoms with van der Waals surface area (Å²) in [6, 6.07) is 2.34. The van der Waals surface area contributed by atoms with E-state index in [-0.39, 0.29) is 33.2 Å². The smallest absolute Gasteiger partial charge is 0.339 e. The van der Waals surface area contributed by atoms with Crippen LogP contribution in [0.3, 0.4) is 0 Å². The van der Waals surface area contributed by atoms with Gasteiger partial charge in [0.25, 0.3) is 9.05 Å². The largest absolute Gasteiger partial charge is 0.460 e. The highest BCUT2D eigenvalue weighted by Gasteiger charge is 2.21. The van der Waals surface area contributed by atoms with Gasteiger partial charge in [0.1, 0.15) is 6.61 Å². The summed E-state index contributed by atoms with van der Waals surface area (Å²) in [6.45, 7) is 2.61. The van der Waals surface area contributed by atoms with Gasteiger partial charge >= 0.3 is 5.97 Å². The molecule has 0 fully saturated rings. The minimum Gasteiger partial charge on any atom is -0.460 e. The maximum atomic E-state index is 11.8. The normalized spacial score (nSPS) is 11.4. The van der Waals surface area contributed by atoms with Crippen molar-refractivity contribution in [1.82, 2.24) is 0 Å². The first kappa shape index (κ1) is 17.7. The van der Waals surface area contributed by atoms with E-state index >= 15 is 0 Å². The van der Waals surface area contributed by atoms with Crippen LogP contribution in [-0.4, -0.2) is 34.2 Å². The SMILES string of the molecule is CCOCCOC(=O)c1cc(S(=O)(=O)Cl)c(Br)cc1Cl. The summed E-state index contributed by atoms with van der Waals surface area (Å²) >= 11 is 8.91. The number of carbonyl (C=O) groups excluding carboxylic acids is 1. The first-order chi connectivity index (χ1) is 9.27. The van der Waals surface area contributed by atoms with Gasteiger partial charge in [-0.15, -0.1) is 0 Å². The summed E-state index contributed by atoms with van der Waals surface area (Å²) in [5.74, 6) is -0.747. The zero-order valence-corrected chi connectivity index (χ0v) is 14.3. The molecule has 0 bridgehead atoms. The summed E-state index contributed by atoms with van der Waals surface area (Å²) in [5, 5.41) is 0.0577. The molecule has 9 heteroatoms. The molecule has 112 valence electrons. The van der Waals surface area contributed by atoms with Crippen LogP contribution in [0.15, 0.2) is 21.5 Å². The van der Waals surface area contributed by atoms with Gasteiger partial charge in [-0.2, -0.15) is 0 Å². The van der Waals surface area contributed by atoms with Crippen molar-refractivity contribution >= 4 is 53.2 Å². The van der Waals surface area contributed by atoms with Crippen molar-refractivity contribution in [1.29, 1.82) is 0 Å². The number of carbonyl (C=O) groups is 1. The maximum Gasteiger partial charge on any atom is 0.339 e. The van der Waals surface area contributed by atoms with E-state index in [1.165, 1.54) is 6.07 Å². The minimum atomic E-state index is -4.00. The van der Waals surface area contributed by atoms with Crippen LogP contribution >= 0.6 is 38.2 Å². The predicted molar refractivity (Wildman–Crippen MR) is 79.0 cm³/mol. The molecule has 0 unspecified atom stereocenters. The Morgan fingerprint density at radius 3 is 2.55 bits per heavy atom. The third-order valence-corrected chi connectivity index (χ3v) is 4.76. The van der Waals surface area contributed by atoms with E-state index < -0.39 is 15.0 Å². The van der Waals surface area contributed by atoms with Crippen LogP contribution in [0.1, 0.15) is 17.3 Å². The molecule has 0 radical (unpaired) electrons. The number of benzene rings is 1. The average Bonchev–Trinajstić information content (AvgIpc) is 2.32. The lowest BCUT2D eigenvalue weighted by Gasteiger charge is -2.08. The Morgan fingerprint density at radius 2 is 2.00 bits per heavy atom. The first-order valence-corrected chi connectivity index (χ1v) is 8.94. The molecule has 1 aromatic rings. The Kier molecular flexibility index (Phi) is 6.74. The Labute approximate surface area is 134 Å². The van der Waals surface area contributed by atoms with Gasteiger partial charge in [-0.05, 0) is 35.0 Å². The van der Waals surface area contributed by atoms with Crippen LogP contribution in [-0.2, 0) is 18.5 Å². The summed E-state index contributed by atoms with van der Waals surface area (Å²) in [4.78, 5) is 11.6. The number of halogens is 3. The fourth-order valence-electron chi connectivity index (χ4n) is 1.29. The van der Waals surface area contributed by atoms with Crippen molar-refractivity contribution in [3.63, 3.8) is 0 Å². The molecule has 0 aliphatic heterocycles. The van der Waals surface area contributed by atoms with E-state index in [1.54, 1.807) is 0 Å². The monoisotopic (exact) mass is 404 g/mol. The van der Waals surface area contributed by atoms with E-state index in [1.807, 2.05) is 6.92 Å². The lowest BCUT2D eigenvalue weighted by molar-refractivity contribution is 0.0335. The summed E-state index contributed by atoms with van der Waals surface area (Å²) in [7, 11) is 1.26. The quantitative estimate of drug-likeness (QED) is 0.412. The molecule has 0 N–H and O–H groups in total. The molecular formula is C11H11BrCl2O5S. The van der Waals surface area contributed by atoms with Gasteiger partial charge in [0, 0.05) is 21.8 Å². The van der Waals surface area contributed by atoms with Crippen molar-refractivity contribution in [2.45, 2.75) is 11.8 Å².